The monoisotopic (exact) mass is 323 g/mol. The van der Waals surface area contributed by atoms with Crippen molar-refractivity contribution in [2.24, 2.45) is 0 Å². The van der Waals surface area contributed by atoms with E-state index in [1.807, 2.05) is 44.2 Å². The maximum atomic E-state index is 12.6. The fraction of sp³-hybridized carbons (Fsp3) is 0.421. The molecule has 0 aliphatic carbocycles. The Morgan fingerprint density at radius 2 is 1.96 bits per heavy atom. The number of likely N-dealkylation sites (tertiary alicyclic amines) is 1. The van der Waals surface area contributed by atoms with E-state index in [9.17, 15) is 10.1 Å². The van der Waals surface area contributed by atoms with E-state index in [2.05, 4.69) is 11.2 Å². The Balaban J connectivity index is 1.72. The first kappa shape index (κ1) is 16.3. The molecule has 0 unspecified atom stereocenters. The highest BCUT2D eigenvalue weighted by atomic mass is 16.5. The highest BCUT2D eigenvalue weighted by Crippen LogP contribution is 2.35. The number of amides is 1. The Kier molecular flexibility index (Phi) is 4.39. The molecule has 1 saturated heterocycles. The summed E-state index contributed by atoms with van der Waals surface area (Å²) >= 11 is 0. The second-order valence-electron chi connectivity index (χ2n) is 6.62. The Morgan fingerprint density at radius 1 is 1.29 bits per heavy atom. The molecule has 1 aliphatic rings. The molecule has 24 heavy (non-hydrogen) atoms. The summed E-state index contributed by atoms with van der Waals surface area (Å²) in [6, 6.07) is 14.0. The number of piperidine rings is 1. The molecule has 2 heterocycles. The van der Waals surface area contributed by atoms with Gasteiger partial charge in [0.25, 0.3) is 5.91 Å². The molecule has 1 aromatic carbocycles. The largest absolute Gasteiger partial charge is 0.360 e. The fourth-order valence-corrected chi connectivity index (χ4v) is 3.14. The van der Waals surface area contributed by atoms with E-state index >= 15 is 0 Å². The molecule has 0 atom stereocenters. The van der Waals surface area contributed by atoms with Crippen LogP contribution in [0, 0.1) is 11.3 Å². The van der Waals surface area contributed by atoms with E-state index < -0.39 is 5.41 Å². The Bertz CT molecular complexity index is 750. The third-order valence-corrected chi connectivity index (χ3v) is 4.76. The van der Waals surface area contributed by atoms with Crippen molar-refractivity contribution >= 4 is 5.91 Å². The van der Waals surface area contributed by atoms with Gasteiger partial charge in [-0.2, -0.15) is 5.26 Å². The number of aromatic nitrogens is 1. The molecule has 2 aromatic rings. The molecule has 5 heteroatoms. The second-order valence-corrected chi connectivity index (χ2v) is 6.62. The number of benzene rings is 1. The third kappa shape index (κ3) is 2.92. The van der Waals surface area contributed by atoms with Gasteiger partial charge in [-0.15, -0.1) is 0 Å². The molecule has 5 nitrogen and oxygen atoms in total. The van der Waals surface area contributed by atoms with Crippen molar-refractivity contribution in [3.8, 4) is 6.07 Å². The Hall–Kier alpha value is -2.61. The first-order valence-corrected chi connectivity index (χ1v) is 8.28. The lowest BCUT2D eigenvalue weighted by molar-refractivity contribution is 0.0681. The number of nitriles is 1. The number of nitrogens with zero attached hydrogens (tertiary/aromatic N) is 3. The quantitative estimate of drug-likeness (QED) is 0.867. The second kappa shape index (κ2) is 6.48. The number of hydrogen-bond donors (Lipinski definition) is 0. The summed E-state index contributed by atoms with van der Waals surface area (Å²) in [7, 11) is 0. The maximum Gasteiger partial charge on any atom is 0.276 e. The molecule has 0 bridgehead atoms. The zero-order valence-electron chi connectivity index (χ0n) is 14.0. The average Bonchev–Trinajstić information content (AvgIpc) is 3.12. The molecule has 1 fully saturated rings. The highest BCUT2D eigenvalue weighted by Gasteiger charge is 2.38. The zero-order valence-corrected chi connectivity index (χ0v) is 14.0. The van der Waals surface area contributed by atoms with Gasteiger partial charge in [0, 0.05) is 25.1 Å². The first-order valence-electron chi connectivity index (χ1n) is 8.28. The van der Waals surface area contributed by atoms with Crippen molar-refractivity contribution in [1.29, 1.82) is 5.26 Å². The predicted octanol–water partition coefficient (Wildman–Crippen LogP) is 3.50. The minimum atomic E-state index is -0.509. The smallest absolute Gasteiger partial charge is 0.276 e. The van der Waals surface area contributed by atoms with Crippen LogP contribution in [0.1, 0.15) is 54.4 Å². The Labute approximate surface area is 141 Å². The summed E-state index contributed by atoms with van der Waals surface area (Å²) in [5, 5.41) is 13.6. The zero-order chi connectivity index (χ0) is 17.2. The summed E-state index contributed by atoms with van der Waals surface area (Å²) in [5.74, 6) is 0.793. The average molecular weight is 323 g/mol. The molecule has 1 aliphatic heterocycles. The molecule has 0 saturated carbocycles. The summed E-state index contributed by atoms with van der Waals surface area (Å²) < 4.78 is 5.22. The van der Waals surface area contributed by atoms with Gasteiger partial charge in [0.1, 0.15) is 5.76 Å². The summed E-state index contributed by atoms with van der Waals surface area (Å²) in [6.07, 6.45) is 1.27. The molecule has 0 spiro atoms. The van der Waals surface area contributed by atoms with Crippen LogP contribution in [0.25, 0.3) is 0 Å². The van der Waals surface area contributed by atoms with Crippen LogP contribution >= 0.6 is 0 Å². The van der Waals surface area contributed by atoms with Crippen LogP contribution in [0.15, 0.2) is 40.9 Å². The van der Waals surface area contributed by atoms with Crippen LogP contribution in [0.5, 0.6) is 0 Å². The van der Waals surface area contributed by atoms with Gasteiger partial charge in [-0.3, -0.25) is 4.79 Å². The number of hydrogen-bond acceptors (Lipinski definition) is 4. The number of rotatable bonds is 3. The van der Waals surface area contributed by atoms with Crippen molar-refractivity contribution in [2.75, 3.05) is 13.1 Å². The molecule has 3 rings (SSSR count). The molecule has 124 valence electrons. The van der Waals surface area contributed by atoms with E-state index in [0.29, 0.717) is 37.4 Å². The number of carbonyl (C=O) groups excluding carboxylic acids is 1. The standard InChI is InChI=1S/C19H21N3O2/c1-14(2)17-12-16(21-24-17)18(23)22-10-8-19(13-20,9-11-22)15-6-4-3-5-7-15/h3-7,12,14H,8-11H2,1-2H3. The maximum absolute atomic E-state index is 12.6. The summed E-state index contributed by atoms with van der Waals surface area (Å²) in [6.45, 7) is 5.09. The molecule has 0 radical (unpaired) electrons. The van der Waals surface area contributed by atoms with Crippen LogP contribution in [0.2, 0.25) is 0 Å². The van der Waals surface area contributed by atoms with Gasteiger partial charge in [-0.05, 0) is 18.4 Å². The SMILES string of the molecule is CC(C)c1cc(C(=O)N2CCC(C#N)(c3ccccc3)CC2)no1. The minimum absolute atomic E-state index is 0.120. The van der Waals surface area contributed by atoms with Gasteiger partial charge < -0.3 is 9.42 Å². The lowest BCUT2D eigenvalue weighted by atomic mass is 9.74. The third-order valence-electron chi connectivity index (χ3n) is 4.76. The lowest BCUT2D eigenvalue weighted by Crippen LogP contribution is -2.44. The predicted molar refractivity (Wildman–Crippen MR) is 89.5 cm³/mol. The minimum Gasteiger partial charge on any atom is -0.360 e. The van der Waals surface area contributed by atoms with Crippen molar-refractivity contribution in [1.82, 2.24) is 10.1 Å². The van der Waals surface area contributed by atoms with Crippen molar-refractivity contribution in [3.05, 3.63) is 53.4 Å². The van der Waals surface area contributed by atoms with Crippen LogP contribution in [-0.2, 0) is 5.41 Å². The first-order chi connectivity index (χ1) is 11.6. The summed E-state index contributed by atoms with van der Waals surface area (Å²) in [4.78, 5) is 14.4. The van der Waals surface area contributed by atoms with Crippen LogP contribution in [0.4, 0.5) is 0 Å². The molecule has 1 amide bonds. The molecule has 1 aromatic heterocycles. The van der Waals surface area contributed by atoms with Gasteiger partial charge >= 0.3 is 0 Å². The molecule has 0 N–H and O–H groups in total. The van der Waals surface area contributed by atoms with E-state index in [0.717, 1.165) is 5.56 Å². The van der Waals surface area contributed by atoms with Crippen molar-refractivity contribution in [3.63, 3.8) is 0 Å². The lowest BCUT2D eigenvalue weighted by Gasteiger charge is -2.37. The number of carbonyl (C=O) groups is 1. The normalized spacial score (nSPS) is 16.8. The molecular formula is C19H21N3O2. The van der Waals surface area contributed by atoms with Gasteiger partial charge in [-0.25, -0.2) is 0 Å². The van der Waals surface area contributed by atoms with Gasteiger partial charge in [-0.1, -0.05) is 49.3 Å². The van der Waals surface area contributed by atoms with E-state index in [-0.39, 0.29) is 11.8 Å². The Morgan fingerprint density at radius 3 is 2.50 bits per heavy atom. The van der Waals surface area contributed by atoms with Crippen molar-refractivity contribution in [2.45, 2.75) is 38.0 Å². The van der Waals surface area contributed by atoms with E-state index in [1.54, 1.807) is 11.0 Å². The fourth-order valence-electron chi connectivity index (χ4n) is 3.14. The van der Waals surface area contributed by atoms with E-state index in [4.69, 9.17) is 4.52 Å². The highest BCUT2D eigenvalue weighted by molar-refractivity contribution is 5.92. The topological polar surface area (TPSA) is 70.1 Å². The van der Waals surface area contributed by atoms with Gasteiger partial charge in [0.15, 0.2) is 5.69 Å². The van der Waals surface area contributed by atoms with Crippen molar-refractivity contribution < 1.29 is 9.32 Å². The summed E-state index contributed by atoms with van der Waals surface area (Å²) in [5.41, 5.74) is 0.872. The van der Waals surface area contributed by atoms with Gasteiger partial charge in [0.2, 0.25) is 0 Å². The van der Waals surface area contributed by atoms with E-state index in [1.165, 1.54) is 0 Å². The van der Waals surface area contributed by atoms with Gasteiger partial charge in [0.05, 0.1) is 11.5 Å². The van der Waals surface area contributed by atoms with Crippen LogP contribution in [0.3, 0.4) is 0 Å². The van der Waals surface area contributed by atoms with Crippen LogP contribution in [-0.4, -0.2) is 29.1 Å². The van der Waals surface area contributed by atoms with Crippen LogP contribution < -0.4 is 0 Å². The molecular weight excluding hydrogens is 302 g/mol.